The third-order valence-corrected chi connectivity index (χ3v) is 5.12. The summed E-state index contributed by atoms with van der Waals surface area (Å²) in [6, 6.07) is 1.31. The third kappa shape index (κ3) is 3.90. The normalized spacial score (nSPS) is 13.9. The largest absolute Gasteiger partial charge is 0.399 e. The van der Waals surface area contributed by atoms with Gasteiger partial charge in [-0.05, 0) is 33.2 Å². The second kappa shape index (κ2) is 6.67. The minimum Gasteiger partial charge on any atom is -0.399 e. The number of rotatable bonds is 6. The zero-order chi connectivity index (χ0) is 16.4. The molecule has 1 unspecified atom stereocenters. The molecule has 1 atom stereocenters. The maximum Gasteiger partial charge on any atom is 0.246 e. The lowest BCUT2D eigenvalue weighted by atomic mass is 10.3. The Labute approximate surface area is 124 Å². The van der Waals surface area contributed by atoms with Crippen LogP contribution in [-0.2, 0) is 10.0 Å². The van der Waals surface area contributed by atoms with Gasteiger partial charge in [-0.1, -0.05) is 6.92 Å². The molecule has 1 aromatic rings. The summed E-state index contributed by atoms with van der Waals surface area (Å²) in [6.07, 6.45) is 0. The molecule has 8 heteroatoms. The van der Waals surface area contributed by atoms with Gasteiger partial charge in [0.05, 0.1) is 0 Å². The van der Waals surface area contributed by atoms with Crippen LogP contribution in [0.25, 0.3) is 0 Å². The van der Waals surface area contributed by atoms with E-state index >= 15 is 0 Å². The highest BCUT2D eigenvalue weighted by atomic mass is 32.2. The van der Waals surface area contributed by atoms with E-state index in [1.807, 2.05) is 4.90 Å². The van der Waals surface area contributed by atoms with E-state index in [0.29, 0.717) is 6.54 Å². The molecular weight excluding hydrogens is 300 g/mol. The Balaban J connectivity index is 3.32. The van der Waals surface area contributed by atoms with Gasteiger partial charge in [-0.25, -0.2) is 17.2 Å². The molecule has 0 aliphatic rings. The van der Waals surface area contributed by atoms with Crippen molar-refractivity contribution >= 4 is 15.7 Å². The van der Waals surface area contributed by atoms with Crippen molar-refractivity contribution in [3.05, 3.63) is 23.8 Å². The summed E-state index contributed by atoms with van der Waals surface area (Å²) in [5.74, 6) is -2.68. The maximum absolute atomic E-state index is 13.9. The fraction of sp³-hybridized carbons (Fsp3) is 0.538. The van der Waals surface area contributed by atoms with Crippen molar-refractivity contribution in [3.63, 3.8) is 0 Å². The molecule has 0 saturated heterocycles. The van der Waals surface area contributed by atoms with Crippen LogP contribution >= 0.6 is 0 Å². The number of hydrogen-bond donors (Lipinski definition) is 1. The Hall–Kier alpha value is -1.25. The first-order chi connectivity index (χ1) is 9.61. The number of nitrogens with zero attached hydrogens (tertiary/aromatic N) is 2. The second-order valence-electron chi connectivity index (χ2n) is 5.13. The van der Waals surface area contributed by atoms with Crippen molar-refractivity contribution in [2.24, 2.45) is 0 Å². The number of hydrogen-bond acceptors (Lipinski definition) is 4. The highest BCUT2D eigenvalue weighted by molar-refractivity contribution is 7.89. The van der Waals surface area contributed by atoms with Gasteiger partial charge in [-0.15, -0.1) is 0 Å². The molecule has 0 amide bonds. The minimum atomic E-state index is -4.16. The van der Waals surface area contributed by atoms with E-state index < -0.39 is 26.6 Å². The van der Waals surface area contributed by atoms with Crippen molar-refractivity contribution in [1.82, 2.24) is 9.21 Å². The molecule has 0 aliphatic heterocycles. The Bertz CT molecular complexity index is 606. The SMILES string of the molecule is CCN(C(C)CN(C)C)S(=O)(=O)c1cc(N)cc(F)c1F. The smallest absolute Gasteiger partial charge is 0.246 e. The molecule has 0 bridgehead atoms. The van der Waals surface area contributed by atoms with Gasteiger partial charge < -0.3 is 10.6 Å². The first kappa shape index (κ1) is 17.8. The van der Waals surface area contributed by atoms with Crippen LogP contribution in [0.3, 0.4) is 0 Å². The minimum absolute atomic E-state index is 0.135. The van der Waals surface area contributed by atoms with Gasteiger partial charge in [-0.2, -0.15) is 4.31 Å². The fourth-order valence-electron chi connectivity index (χ4n) is 2.24. The Morgan fingerprint density at radius 3 is 2.33 bits per heavy atom. The van der Waals surface area contributed by atoms with Crippen LogP contribution in [0.2, 0.25) is 0 Å². The number of sulfonamides is 1. The van der Waals surface area contributed by atoms with Crippen LogP contribution in [0.5, 0.6) is 0 Å². The summed E-state index contributed by atoms with van der Waals surface area (Å²) in [4.78, 5) is 1.09. The van der Waals surface area contributed by atoms with Gasteiger partial charge in [0.25, 0.3) is 0 Å². The van der Waals surface area contributed by atoms with Crippen LogP contribution in [-0.4, -0.2) is 50.8 Å². The topological polar surface area (TPSA) is 66.6 Å². The zero-order valence-electron chi connectivity index (χ0n) is 12.6. The van der Waals surface area contributed by atoms with Crippen LogP contribution < -0.4 is 5.73 Å². The molecule has 0 spiro atoms. The zero-order valence-corrected chi connectivity index (χ0v) is 13.4. The van der Waals surface area contributed by atoms with E-state index in [2.05, 4.69) is 0 Å². The molecule has 1 rings (SSSR count). The van der Waals surface area contributed by atoms with Gasteiger partial charge >= 0.3 is 0 Å². The predicted molar refractivity (Wildman–Crippen MR) is 78.4 cm³/mol. The molecule has 120 valence electrons. The van der Waals surface area contributed by atoms with Crippen LogP contribution in [0, 0.1) is 11.6 Å². The number of benzene rings is 1. The van der Waals surface area contributed by atoms with Gasteiger partial charge in [0.15, 0.2) is 11.6 Å². The number of nitrogens with two attached hydrogens (primary N) is 1. The monoisotopic (exact) mass is 321 g/mol. The highest BCUT2D eigenvalue weighted by Gasteiger charge is 2.31. The summed E-state index contributed by atoms with van der Waals surface area (Å²) < 4.78 is 53.5. The van der Waals surface area contributed by atoms with E-state index in [0.717, 1.165) is 16.4 Å². The van der Waals surface area contributed by atoms with E-state index in [-0.39, 0.29) is 18.3 Å². The lowest BCUT2D eigenvalue weighted by molar-refractivity contribution is 0.270. The average molecular weight is 321 g/mol. The first-order valence-electron chi connectivity index (χ1n) is 6.52. The summed E-state index contributed by atoms with van der Waals surface area (Å²) in [5.41, 5.74) is 5.29. The summed E-state index contributed by atoms with van der Waals surface area (Å²) >= 11 is 0. The molecule has 5 nitrogen and oxygen atoms in total. The quantitative estimate of drug-likeness (QED) is 0.807. The first-order valence-corrected chi connectivity index (χ1v) is 7.96. The second-order valence-corrected chi connectivity index (χ2v) is 6.99. The van der Waals surface area contributed by atoms with E-state index in [1.54, 1.807) is 27.9 Å². The predicted octanol–water partition coefficient (Wildman–Crippen LogP) is 1.51. The van der Waals surface area contributed by atoms with Gasteiger partial charge in [-0.3, -0.25) is 0 Å². The number of likely N-dealkylation sites (N-methyl/N-ethyl adjacent to an activating group) is 2. The molecular formula is C13H21F2N3O2S. The third-order valence-electron chi connectivity index (χ3n) is 3.04. The lowest BCUT2D eigenvalue weighted by Gasteiger charge is -2.29. The van der Waals surface area contributed by atoms with E-state index in [4.69, 9.17) is 5.73 Å². The van der Waals surface area contributed by atoms with Crippen LogP contribution in [0.15, 0.2) is 17.0 Å². The average Bonchev–Trinajstić information content (AvgIpc) is 2.32. The van der Waals surface area contributed by atoms with E-state index in [1.165, 1.54) is 0 Å². The lowest BCUT2D eigenvalue weighted by Crippen LogP contribution is -2.43. The van der Waals surface area contributed by atoms with Crippen molar-refractivity contribution in [3.8, 4) is 0 Å². The fourth-order valence-corrected chi connectivity index (χ4v) is 3.98. The van der Waals surface area contributed by atoms with Crippen molar-refractivity contribution < 1.29 is 17.2 Å². The van der Waals surface area contributed by atoms with Gasteiger partial charge in [0.1, 0.15) is 4.90 Å². The maximum atomic E-state index is 13.9. The molecule has 0 fully saturated rings. The molecule has 2 N–H and O–H groups in total. The van der Waals surface area contributed by atoms with Crippen molar-refractivity contribution in [2.75, 3.05) is 32.9 Å². The molecule has 1 aromatic carbocycles. The molecule has 0 aliphatic carbocycles. The van der Waals surface area contributed by atoms with E-state index in [9.17, 15) is 17.2 Å². The Morgan fingerprint density at radius 2 is 1.86 bits per heavy atom. The molecule has 0 aromatic heterocycles. The Morgan fingerprint density at radius 1 is 1.29 bits per heavy atom. The molecule has 0 saturated carbocycles. The number of anilines is 1. The highest BCUT2D eigenvalue weighted by Crippen LogP contribution is 2.25. The number of nitrogen functional groups attached to an aromatic ring is 1. The summed E-state index contributed by atoms with van der Waals surface area (Å²) in [7, 11) is -0.553. The van der Waals surface area contributed by atoms with Crippen LogP contribution in [0.4, 0.5) is 14.5 Å². The van der Waals surface area contributed by atoms with Crippen molar-refractivity contribution in [2.45, 2.75) is 24.8 Å². The van der Waals surface area contributed by atoms with Crippen molar-refractivity contribution in [1.29, 1.82) is 0 Å². The summed E-state index contributed by atoms with van der Waals surface area (Å²) in [5, 5.41) is 0. The Kier molecular flexibility index (Phi) is 5.66. The number of halogens is 2. The molecule has 0 heterocycles. The van der Waals surface area contributed by atoms with Crippen LogP contribution in [0.1, 0.15) is 13.8 Å². The molecule has 0 radical (unpaired) electrons. The standard InChI is InChI=1S/C13H21F2N3O2S/c1-5-18(9(2)8-17(3)4)21(19,20)12-7-10(16)6-11(14)13(12)15/h6-7,9H,5,8,16H2,1-4H3. The van der Waals surface area contributed by atoms with Gasteiger partial charge in [0.2, 0.25) is 10.0 Å². The summed E-state index contributed by atoms with van der Waals surface area (Å²) in [6.45, 7) is 3.96. The van der Waals surface area contributed by atoms with Gasteiger partial charge in [0, 0.05) is 24.8 Å². The molecule has 21 heavy (non-hydrogen) atoms.